The predicted octanol–water partition coefficient (Wildman–Crippen LogP) is 3.20. The molecular formula is C16H19N3OS. The minimum atomic E-state index is 0.156. The van der Waals surface area contributed by atoms with Gasteiger partial charge in [0, 0.05) is 37.6 Å². The van der Waals surface area contributed by atoms with Crippen LogP contribution < -0.4 is 5.32 Å². The molecule has 110 valence electrons. The van der Waals surface area contributed by atoms with Crippen LogP contribution in [0.2, 0.25) is 0 Å². The van der Waals surface area contributed by atoms with E-state index >= 15 is 0 Å². The van der Waals surface area contributed by atoms with Crippen molar-refractivity contribution in [3.05, 3.63) is 46.3 Å². The third-order valence-electron chi connectivity index (χ3n) is 3.99. The molecule has 3 rings (SSSR count). The maximum absolute atomic E-state index is 12.5. The second-order valence-electron chi connectivity index (χ2n) is 5.33. The number of carbonyl (C=O) groups excluding carboxylic acids is 1. The van der Waals surface area contributed by atoms with Gasteiger partial charge in [-0.1, -0.05) is 0 Å². The smallest absolute Gasteiger partial charge is 0.254 e. The van der Waals surface area contributed by atoms with Crippen molar-refractivity contribution in [1.82, 2.24) is 9.88 Å². The number of hydrogen-bond acceptors (Lipinski definition) is 4. The van der Waals surface area contributed by atoms with Gasteiger partial charge < -0.3 is 10.2 Å². The number of carbonyl (C=O) groups is 1. The highest BCUT2D eigenvalue weighted by Crippen LogP contribution is 2.28. The van der Waals surface area contributed by atoms with Crippen LogP contribution in [0.4, 0.5) is 5.82 Å². The maximum atomic E-state index is 12.5. The van der Waals surface area contributed by atoms with E-state index in [4.69, 9.17) is 0 Å². The zero-order chi connectivity index (χ0) is 14.7. The summed E-state index contributed by atoms with van der Waals surface area (Å²) in [6.07, 6.45) is 4.01. The number of aromatic nitrogens is 1. The topological polar surface area (TPSA) is 45.2 Å². The lowest BCUT2D eigenvalue weighted by molar-refractivity contribution is 0.0707. The lowest BCUT2D eigenvalue weighted by atomic mass is 9.91. The Hall–Kier alpha value is -1.88. The molecule has 0 bridgehead atoms. The first kappa shape index (κ1) is 14.1. The molecule has 1 aliphatic heterocycles. The highest BCUT2D eigenvalue weighted by molar-refractivity contribution is 7.08. The molecule has 0 aromatic carbocycles. The number of likely N-dealkylation sites (tertiary alicyclic amines) is 1. The van der Waals surface area contributed by atoms with E-state index in [0.717, 1.165) is 37.3 Å². The van der Waals surface area contributed by atoms with Gasteiger partial charge in [0.25, 0.3) is 5.91 Å². The normalized spacial score (nSPS) is 18.5. The van der Waals surface area contributed by atoms with Crippen molar-refractivity contribution in [2.75, 3.05) is 25.5 Å². The Kier molecular flexibility index (Phi) is 4.20. The summed E-state index contributed by atoms with van der Waals surface area (Å²) in [5, 5.41) is 6.96. The third-order valence-corrected chi connectivity index (χ3v) is 4.67. The van der Waals surface area contributed by atoms with Gasteiger partial charge in [0.1, 0.15) is 5.82 Å². The molecule has 0 radical (unpaired) electrons. The fourth-order valence-corrected chi connectivity index (χ4v) is 3.47. The van der Waals surface area contributed by atoms with Crippen molar-refractivity contribution >= 4 is 23.1 Å². The molecule has 3 heterocycles. The quantitative estimate of drug-likeness (QED) is 0.947. The molecule has 1 saturated heterocycles. The van der Waals surface area contributed by atoms with Crippen LogP contribution in [0.3, 0.4) is 0 Å². The summed E-state index contributed by atoms with van der Waals surface area (Å²) in [6, 6.07) is 6.05. The van der Waals surface area contributed by atoms with E-state index in [0.29, 0.717) is 5.92 Å². The van der Waals surface area contributed by atoms with Crippen LogP contribution in [0.5, 0.6) is 0 Å². The van der Waals surface area contributed by atoms with Crippen molar-refractivity contribution < 1.29 is 4.79 Å². The largest absolute Gasteiger partial charge is 0.373 e. The van der Waals surface area contributed by atoms with Crippen molar-refractivity contribution in [3.63, 3.8) is 0 Å². The summed E-state index contributed by atoms with van der Waals surface area (Å²) < 4.78 is 0. The van der Waals surface area contributed by atoms with Crippen molar-refractivity contribution in [3.8, 4) is 0 Å². The summed E-state index contributed by atoms with van der Waals surface area (Å²) in [5.41, 5.74) is 2.07. The molecule has 1 fully saturated rings. The molecule has 2 aromatic heterocycles. The molecule has 0 aliphatic carbocycles. The van der Waals surface area contributed by atoms with Crippen molar-refractivity contribution in [2.45, 2.75) is 18.8 Å². The molecule has 0 spiro atoms. The van der Waals surface area contributed by atoms with Gasteiger partial charge in [-0.05, 0) is 42.0 Å². The summed E-state index contributed by atoms with van der Waals surface area (Å²) in [6.45, 7) is 1.65. The van der Waals surface area contributed by atoms with Gasteiger partial charge in [-0.2, -0.15) is 11.3 Å². The van der Waals surface area contributed by atoms with E-state index in [-0.39, 0.29) is 5.91 Å². The van der Waals surface area contributed by atoms with Crippen molar-refractivity contribution in [2.24, 2.45) is 0 Å². The van der Waals surface area contributed by atoms with Crippen LogP contribution in [0.1, 0.15) is 34.7 Å². The number of anilines is 1. The van der Waals surface area contributed by atoms with Gasteiger partial charge >= 0.3 is 0 Å². The molecule has 21 heavy (non-hydrogen) atoms. The zero-order valence-corrected chi connectivity index (χ0v) is 12.9. The lowest BCUT2D eigenvalue weighted by Crippen LogP contribution is -2.38. The van der Waals surface area contributed by atoms with Gasteiger partial charge in [-0.15, -0.1) is 0 Å². The number of piperidine rings is 1. The summed E-state index contributed by atoms with van der Waals surface area (Å²) >= 11 is 1.57. The van der Waals surface area contributed by atoms with E-state index in [2.05, 4.69) is 22.4 Å². The van der Waals surface area contributed by atoms with Crippen LogP contribution in [0, 0.1) is 0 Å². The lowest BCUT2D eigenvalue weighted by Gasteiger charge is -2.33. The molecule has 0 saturated carbocycles. The Balaban J connectivity index is 1.75. The Morgan fingerprint density at radius 3 is 3.14 bits per heavy atom. The molecule has 5 heteroatoms. The number of nitrogens with zero attached hydrogens (tertiary/aromatic N) is 2. The molecule has 1 atom stereocenters. The van der Waals surface area contributed by atoms with E-state index in [1.807, 2.05) is 35.0 Å². The molecule has 4 nitrogen and oxygen atoms in total. The van der Waals surface area contributed by atoms with Gasteiger partial charge in [-0.3, -0.25) is 4.79 Å². The minimum absolute atomic E-state index is 0.156. The fraction of sp³-hybridized carbons (Fsp3) is 0.375. The summed E-state index contributed by atoms with van der Waals surface area (Å²) in [5.74, 6) is 1.44. The Morgan fingerprint density at radius 1 is 1.48 bits per heavy atom. The van der Waals surface area contributed by atoms with Crippen LogP contribution in [-0.2, 0) is 0 Å². The van der Waals surface area contributed by atoms with Crippen LogP contribution in [0.25, 0.3) is 0 Å². The third kappa shape index (κ3) is 3.08. The van der Waals surface area contributed by atoms with Gasteiger partial charge in [0.05, 0.1) is 5.56 Å². The summed E-state index contributed by atoms with van der Waals surface area (Å²) in [4.78, 5) is 18.7. The first-order valence-electron chi connectivity index (χ1n) is 7.23. The monoisotopic (exact) mass is 301 g/mol. The van der Waals surface area contributed by atoms with E-state index in [1.165, 1.54) is 5.56 Å². The maximum Gasteiger partial charge on any atom is 0.254 e. The molecule has 1 N–H and O–H groups in total. The highest BCUT2D eigenvalue weighted by atomic mass is 32.1. The molecule has 1 unspecified atom stereocenters. The second-order valence-corrected chi connectivity index (χ2v) is 6.11. The number of pyridine rings is 1. The van der Waals surface area contributed by atoms with E-state index < -0.39 is 0 Å². The standard InChI is InChI=1S/C16H19N3OS/c1-17-15-9-12(4-6-18-15)13-3-2-7-19(10-13)16(20)14-5-8-21-11-14/h4-6,8-9,11,13H,2-3,7,10H2,1H3,(H,17,18). The average Bonchev–Trinajstić information content (AvgIpc) is 3.09. The van der Waals surface area contributed by atoms with Crippen LogP contribution >= 0.6 is 11.3 Å². The Morgan fingerprint density at radius 2 is 2.38 bits per heavy atom. The van der Waals surface area contributed by atoms with Crippen molar-refractivity contribution in [1.29, 1.82) is 0 Å². The van der Waals surface area contributed by atoms with Gasteiger partial charge in [0.15, 0.2) is 0 Å². The number of hydrogen-bond donors (Lipinski definition) is 1. The minimum Gasteiger partial charge on any atom is -0.373 e. The second kappa shape index (κ2) is 6.26. The number of amides is 1. The molecular weight excluding hydrogens is 282 g/mol. The summed E-state index contributed by atoms with van der Waals surface area (Å²) in [7, 11) is 1.87. The van der Waals surface area contributed by atoms with Gasteiger partial charge in [0.2, 0.25) is 0 Å². The zero-order valence-electron chi connectivity index (χ0n) is 12.1. The fourth-order valence-electron chi connectivity index (χ4n) is 2.84. The average molecular weight is 301 g/mol. The predicted molar refractivity (Wildman–Crippen MR) is 86.0 cm³/mol. The van der Waals surface area contributed by atoms with Crippen LogP contribution in [0.15, 0.2) is 35.2 Å². The first-order valence-corrected chi connectivity index (χ1v) is 8.17. The highest BCUT2D eigenvalue weighted by Gasteiger charge is 2.25. The molecule has 2 aromatic rings. The SMILES string of the molecule is CNc1cc(C2CCCN(C(=O)c3ccsc3)C2)ccn1. The molecule has 1 aliphatic rings. The van der Waals surface area contributed by atoms with Gasteiger partial charge in [-0.25, -0.2) is 4.98 Å². The Labute approximate surface area is 128 Å². The molecule has 1 amide bonds. The number of nitrogens with one attached hydrogen (secondary N) is 1. The van der Waals surface area contributed by atoms with E-state index in [1.54, 1.807) is 11.3 Å². The Bertz CT molecular complexity index is 612. The number of thiophene rings is 1. The van der Waals surface area contributed by atoms with Crippen LogP contribution in [-0.4, -0.2) is 35.9 Å². The van der Waals surface area contributed by atoms with E-state index in [9.17, 15) is 4.79 Å². The number of rotatable bonds is 3. The first-order chi connectivity index (χ1) is 10.3.